The van der Waals surface area contributed by atoms with E-state index in [1.54, 1.807) is 12.1 Å². The molecule has 0 radical (unpaired) electrons. The van der Waals surface area contributed by atoms with E-state index in [-0.39, 0.29) is 16.7 Å². The number of carboxylic acid groups (broad SMARTS) is 1. The van der Waals surface area contributed by atoms with Crippen LogP contribution in [0.4, 0.5) is 5.69 Å². The molecule has 0 spiro atoms. The zero-order chi connectivity index (χ0) is 18.9. The van der Waals surface area contributed by atoms with Crippen LogP contribution in [-0.4, -0.2) is 32.6 Å². The maximum Gasteiger partial charge on any atom is 0.328 e. The lowest BCUT2D eigenvalue weighted by Crippen LogP contribution is -2.36. The van der Waals surface area contributed by atoms with Crippen molar-refractivity contribution in [2.24, 2.45) is 0 Å². The van der Waals surface area contributed by atoms with Gasteiger partial charge in [0.25, 0.3) is 10.0 Å². The first-order valence-corrected chi connectivity index (χ1v) is 9.50. The molecule has 0 amide bonds. The van der Waals surface area contributed by atoms with Gasteiger partial charge in [0.2, 0.25) is 0 Å². The highest BCUT2D eigenvalue weighted by molar-refractivity contribution is 7.93. The number of nitrogens with zero attached hydrogens (tertiary/aromatic N) is 1. The molecule has 7 heteroatoms. The first-order valence-electron chi connectivity index (χ1n) is 8.06. The van der Waals surface area contributed by atoms with Crippen molar-refractivity contribution in [2.75, 3.05) is 11.4 Å². The Labute approximate surface area is 152 Å². The standard InChI is InChI=1S/C19H19NO5S/c1-13-11-15-5-3-4-6-16(15)20(13)26(23,24)18-12-14(8-10-19(21)22)7-9-17(18)25-2/h3-10,12-13H,11H2,1-2H3,(H,21,22)/b10-8+. The molecule has 1 unspecified atom stereocenters. The molecule has 0 bridgehead atoms. The summed E-state index contributed by atoms with van der Waals surface area (Å²) in [5, 5.41) is 8.78. The number of para-hydroxylation sites is 1. The molecule has 3 rings (SSSR count). The Morgan fingerprint density at radius 1 is 1.27 bits per heavy atom. The van der Waals surface area contributed by atoms with E-state index >= 15 is 0 Å². The fourth-order valence-electron chi connectivity index (χ4n) is 3.18. The quantitative estimate of drug-likeness (QED) is 0.815. The van der Waals surface area contributed by atoms with Crippen LogP contribution in [-0.2, 0) is 21.2 Å². The average Bonchev–Trinajstić information content (AvgIpc) is 2.96. The summed E-state index contributed by atoms with van der Waals surface area (Å²) >= 11 is 0. The van der Waals surface area contributed by atoms with Crippen molar-refractivity contribution in [1.29, 1.82) is 0 Å². The zero-order valence-corrected chi connectivity index (χ0v) is 15.2. The number of ether oxygens (including phenoxy) is 1. The van der Waals surface area contributed by atoms with Crippen LogP contribution in [0.3, 0.4) is 0 Å². The molecule has 2 aromatic carbocycles. The summed E-state index contributed by atoms with van der Waals surface area (Å²) in [4.78, 5) is 10.7. The first-order chi connectivity index (χ1) is 12.3. The molecule has 0 saturated heterocycles. The van der Waals surface area contributed by atoms with E-state index < -0.39 is 16.0 Å². The lowest BCUT2D eigenvalue weighted by Gasteiger charge is -2.25. The number of carboxylic acids is 1. The maximum atomic E-state index is 13.4. The molecule has 2 aromatic rings. The number of hydrogen-bond acceptors (Lipinski definition) is 4. The highest BCUT2D eigenvalue weighted by Gasteiger charge is 2.37. The molecular weight excluding hydrogens is 354 g/mol. The Kier molecular flexibility index (Phi) is 4.73. The third kappa shape index (κ3) is 3.17. The number of anilines is 1. The van der Waals surface area contributed by atoms with Crippen LogP contribution in [0.15, 0.2) is 53.4 Å². The van der Waals surface area contributed by atoms with Crippen LogP contribution in [0.1, 0.15) is 18.1 Å². The molecule has 6 nitrogen and oxygen atoms in total. The molecule has 0 aliphatic carbocycles. The first kappa shape index (κ1) is 18.0. The predicted octanol–water partition coefficient (Wildman–Crippen LogP) is 2.93. The van der Waals surface area contributed by atoms with Gasteiger partial charge in [-0.3, -0.25) is 4.31 Å². The van der Waals surface area contributed by atoms with Crippen LogP contribution in [0.25, 0.3) is 6.08 Å². The molecule has 1 aliphatic heterocycles. The number of rotatable bonds is 5. The van der Waals surface area contributed by atoms with E-state index in [4.69, 9.17) is 9.84 Å². The summed E-state index contributed by atoms with van der Waals surface area (Å²) < 4.78 is 33.4. The number of fused-ring (bicyclic) bond motifs is 1. The number of aliphatic carboxylic acids is 1. The van der Waals surface area contributed by atoms with Crippen LogP contribution >= 0.6 is 0 Å². The van der Waals surface area contributed by atoms with Gasteiger partial charge in [0.1, 0.15) is 10.6 Å². The maximum absolute atomic E-state index is 13.4. The lowest BCUT2D eigenvalue weighted by atomic mass is 10.1. The van der Waals surface area contributed by atoms with E-state index in [0.29, 0.717) is 17.7 Å². The number of hydrogen-bond donors (Lipinski definition) is 1. The van der Waals surface area contributed by atoms with Crippen molar-refractivity contribution in [3.05, 3.63) is 59.7 Å². The van der Waals surface area contributed by atoms with Gasteiger partial charge in [-0.05, 0) is 48.7 Å². The SMILES string of the molecule is COc1ccc(/C=C/C(=O)O)cc1S(=O)(=O)N1c2ccccc2CC1C. The largest absolute Gasteiger partial charge is 0.495 e. The van der Waals surface area contributed by atoms with Crippen molar-refractivity contribution < 1.29 is 23.1 Å². The zero-order valence-electron chi connectivity index (χ0n) is 14.4. The smallest absolute Gasteiger partial charge is 0.328 e. The van der Waals surface area contributed by atoms with Crippen molar-refractivity contribution in [3.8, 4) is 5.75 Å². The molecule has 1 heterocycles. The van der Waals surface area contributed by atoms with E-state index in [1.807, 2.05) is 25.1 Å². The topological polar surface area (TPSA) is 83.9 Å². The minimum Gasteiger partial charge on any atom is -0.495 e. The Balaban J connectivity index is 2.12. The summed E-state index contributed by atoms with van der Waals surface area (Å²) in [6.45, 7) is 1.86. The Bertz CT molecular complexity index is 981. The third-order valence-corrected chi connectivity index (χ3v) is 6.24. The summed E-state index contributed by atoms with van der Waals surface area (Å²) in [6, 6.07) is 11.8. The van der Waals surface area contributed by atoms with Crippen LogP contribution in [0, 0.1) is 0 Å². The van der Waals surface area contributed by atoms with Crippen LogP contribution < -0.4 is 9.04 Å². The molecule has 0 fully saturated rings. The molecule has 1 N–H and O–H groups in total. The fourth-order valence-corrected chi connectivity index (χ4v) is 5.06. The Morgan fingerprint density at radius 2 is 2.00 bits per heavy atom. The van der Waals surface area contributed by atoms with Gasteiger partial charge in [0.05, 0.1) is 12.8 Å². The van der Waals surface area contributed by atoms with E-state index in [9.17, 15) is 13.2 Å². The van der Waals surface area contributed by atoms with Crippen molar-refractivity contribution in [1.82, 2.24) is 0 Å². The molecule has 0 saturated carbocycles. The lowest BCUT2D eigenvalue weighted by molar-refractivity contribution is -0.131. The summed E-state index contributed by atoms with van der Waals surface area (Å²) in [6.07, 6.45) is 2.95. The minimum atomic E-state index is -3.88. The number of benzene rings is 2. The molecule has 136 valence electrons. The Morgan fingerprint density at radius 3 is 2.69 bits per heavy atom. The second-order valence-corrected chi connectivity index (χ2v) is 7.85. The van der Waals surface area contributed by atoms with Gasteiger partial charge in [-0.2, -0.15) is 0 Å². The van der Waals surface area contributed by atoms with Gasteiger partial charge in [0.15, 0.2) is 0 Å². The molecule has 26 heavy (non-hydrogen) atoms. The van der Waals surface area contributed by atoms with Crippen molar-refractivity contribution in [3.63, 3.8) is 0 Å². The molecule has 1 aliphatic rings. The second-order valence-electron chi connectivity index (χ2n) is 6.06. The van der Waals surface area contributed by atoms with E-state index in [1.165, 1.54) is 29.6 Å². The number of methoxy groups -OCH3 is 1. The summed E-state index contributed by atoms with van der Waals surface area (Å²) in [5.74, 6) is -0.888. The highest BCUT2D eigenvalue weighted by atomic mass is 32.2. The number of carbonyl (C=O) groups is 1. The van der Waals surface area contributed by atoms with Crippen molar-refractivity contribution in [2.45, 2.75) is 24.3 Å². The van der Waals surface area contributed by atoms with E-state index in [2.05, 4.69) is 0 Å². The highest BCUT2D eigenvalue weighted by Crippen LogP contribution is 2.39. The van der Waals surface area contributed by atoms with Gasteiger partial charge in [0, 0.05) is 12.1 Å². The second kappa shape index (κ2) is 6.84. The monoisotopic (exact) mass is 373 g/mol. The van der Waals surface area contributed by atoms with Gasteiger partial charge < -0.3 is 9.84 Å². The Hall–Kier alpha value is -2.80. The van der Waals surface area contributed by atoms with Gasteiger partial charge >= 0.3 is 5.97 Å². The van der Waals surface area contributed by atoms with Crippen LogP contribution in [0.5, 0.6) is 5.75 Å². The van der Waals surface area contributed by atoms with Crippen molar-refractivity contribution >= 4 is 27.8 Å². The van der Waals surface area contributed by atoms with E-state index in [0.717, 1.165) is 11.6 Å². The average molecular weight is 373 g/mol. The summed E-state index contributed by atoms with van der Waals surface area (Å²) in [7, 11) is -2.47. The third-order valence-electron chi connectivity index (χ3n) is 4.29. The normalized spacial score (nSPS) is 16.7. The van der Waals surface area contributed by atoms with Crippen LogP contribution in [0.2, 0.25) is 0 Å². The van der Waals surface area contributed by atoms with Gasteiger partial charge in [-0.15, -0.1) is 0 Å². The minimum absolute atomic E-state index is 0.0103. The van der Waals surface area contributed by atoms with Gasteiger partial charge in [-0.25, -0.2) is 13.2 Å². The molecule has 0 aromatic heterocycles. The summed E-state index contributed by atoms with van der Waals surface area (Å²) in [5.41, 5.74) is 2.10. The number of sulfonamides is 1. The molecular formula is C19H19NO5S. The predicted molar refractivity (Wildman–Crippen MR) is 98.9 cm³/mol. The molecule has 1 atom stereocenters. The van der Waals surface area contributed by atoms with Gasteiger partial charge in [-0.1, -0.05) is 24.3 Å². The fraction of sp³-hybridized carbons (Fsp3) is 0.211.